The maximum atomic E-state index is 13.2. The van der Waals surface area contributed by atoms with Gasteiger partial charge in [0.15, 0.2) is 9.84 Å². The summed E-state index contributed by atoms with van der Waals surface area (Å²) < 4.78 is 26.2. The number of hydrogen-bond acceptors (Lipinski definition) is 6. The van der Waals surface area contributed by atoms with Crippen LogP contribution in [0.2, 0.25) is 0 Å². The Bertz CT molecular complexity index is 904. The van der Waals surface area contributed by atoms with Crippen molar-refractivity contribution < 1.29 is 13.2 Å². The summed E-state index contributed by atoms with van der Waals surface area (Å²) in [7, 11) is -3.18. The van der Waals surface area contributed by atoms with Crippen molar-refractivity contribution in [2.75, 3.05) is 18.8 Å². The number of tetrazole rings is 1. The Hall–Kier alpha value is -2.29. The Labute approximate surface area is 152 Å². The zero-order chi connectivity index (χ0) is 18.2. The second-order valence-corrected chi connectivity index (χ2v) is 9.56. The quantitative estimate of drug-likeness (QED) is 0.783. The summed E-state index contributed by atoms with van der Waals surface area (Å²) in [5.74, 6) is -0.137. The number of aromatic nitrogens is 4. The molecule has 2 heterocycles. The number of carbonyl (C=O) groups excluding carboxylic acids is 1. The van der Waals surface area contributed by atoms with Crippen LogP contribution >= 0.6 is 0 Å². The minimum Gasteiger partial charge on any atom is -0.336 e. The lowest BCUT2D eigenvalue weighted by Gasteiger charge is -2.44. The molecule has 1 amide bonds. The summed E-state index contributed by atoms with van der Waals surface area (Å²) in [5, 5.41) is 11.1. The van der Waals surface area contributed by atoms with Crippen molar-refractivity contribution in [3.8, 4) is 5.69 Å². The van der Waals surface area contributed by atoms with Crippen molar-refractivity contribution in [3.63, 3.8) is 0 Å². The van der Waals surface area contributed by atoms with Crippen LogP contribution in [-0.2, 0) is 9.84 Å². The van der Waals surface area contributed by atoms with Gasteiger partial charge in [0.1, 0.15) is 6.33 Å². The Balaban J connectivity index is 1.66. The fourth-order valence-corrected chi connectivity index (χ4v) is 6.26. The smallest absolute Gasteiger partial charge is 0.256 e. The molecule has 138 valence electrons. The van der Waals surface area contributed by atoms with E-state index in [1.165, 1.54) is 11.0 Å². The van der Waals surface area contributed by atoms with E-state index in [2.05, 4.69) is 15.5 Å². The molecular formula is C17H21N5O3S. The molecule has 26 heavy (non-hydrogen) atoms. The molecular weight excluding hydrogens is 354 g/mol. The van der Waals surface area contributed by atoms with Gasteiger partial charge in [-0.3, -0.25) is 4.79 Å². The van der Waals surface area contributed by atoms with Crippen LogP contribution in [0.5, 0.6) is 0 Å². The maximum Gasteiger partial charge on any atom is 0.256 e. The summed E-state index contributed by atoms with van der Waals surface area (Å²) >= 11 is 0. The Kier molecular flexibility index (Phi) is 4.26. The molecule has 1 saturated heterocycles. The Morgan fingerprint density at radius 1 is 1.12 bits per heavy atom. The number of carbonyl (C=O) groups is 1. The van der Waals surface area contributed by atoms with Gasteiger partial charge in [-0.2, -0.15) is 4.68 Å². The van der Waals surface area contributed by atoms with E-state index in [1.807, 2.05) is 6.07 Å². The molecule has 1 aromatic heterocycles. The zero-order valence-electron chi connectivity index (χ0n) is 14.4. The normalized spacial score (nSPS) is 21.6. The molecule has 2 aromatic rings. The maximum absolute atomic E-state index is 13.2. The highest BCUT2D eigenvalue weighted by Crippen LogP contribution is 2.39. The van der Waals surface area contributed by atoms with Crippen LogP contribution in [0.4, 0.5) is 0 Å². The molecule has 1 saturated carbocycles. The summed E-state index contributed by atoms with van der Waals surface area (Å²) in [6.45, 7) is 0.505. The number of benzene rings is 1. The van der Waals surface area contributed by atoms with E-state index in [4.69, 9.17) is 0 Å². The largest absolute Gasteiger partial charge is 0.336 e. The highest BCUT2D eigenvalue weighted by atomic mass is 32.2. The first-order chi connectivity index (χ1) is 12.5. The molecule has 0 unspecified atom stereocenters. The second-order valence-electron chi connectivity index (χ2n) is 7.06. The van der Waals surface area contributed by atoms with Crippen LogP contribution < -0.4 is 0 Å². The topological polar surface area (TPSA) is 98.1 Å². The van der Waals surface area contributed by atoms with Gasteiger partial charge in [-0.25, -0.2) is 8.42 Å². The number of sulfone groups is 1. The molecule has 0 N–H and O–H groups in total. The van der Waals surface area contributed by atoms with E-state index in [-0.39, 0.29) is 24.7 Å². The first-order valence-electron chi connectivity index (χ1n) is 8.86. The van der Waals surface area contributed by atoms with Crippen LogP contribution in [0.15, 0.2) is 30.6 Å². The molecule has 8 nitrogen and oxygen atoms in total. The average molecular weight is 375 g/mol. The van der Waals surface area contributed by atoms with Crippen LogP contribution in [-0.4, -0.2) is 63.0 Å². The standard InChI is InChI=1S/C17H21N5O3S/c23-16(14-6-2-3-7-15(14)22-13-18-19-20-22)21-10-11-26(24,25)17(12-21)8-4-1-5-9-17/h2-3,6-7,13H,1,4-5,8-12H2. The highest BCUT2D eigenvalue weighted by Gasteiger charge is 2.49. The number of nitrogens with zero attached hydrogens (tertiary/aromatic N) is 5. The molecule has 0 bridgehead atoms. The first kappa shape index (κ1) is 17.1. The lowest BCUT2D eigenvalue weighted by Crippen LogP contribution is -2.58. The van der Waals surface area contributed by atoms with Crippen LogP contribution in [0, 0.1) is 0 Å². The minimum absolute atomic E-state index is 0.0335. The minimum atomic E-state index is -3.18. The molecule has 9 heteroatoms. The summed E-state index contributed by atoms with van der Waals surface area (Å²) in [6.07, 6.45) is 5.61. The third-order valence-electron chi connectivity index (χ3n) is 5.55. The van der Waals surface area contributed by atoms with E-state index in [1.54, 1.807) is 23.1 Å². The molecule has 4 rings (SSSR count). The van der Waals surface area contributed by atoms with E-state index < -0.39 is 14.6 Å². The van der Waals surface area contributed by atoms with E-state index >= 15 is 0 Å². The van der Waals surface area contributed by atoms with Crippen molar-refractivity contribution in [1.82, 2.24) is 25.1 Å². The van der Waals surface area contributed by atoms with E-state index in [0.29, 0.717) is 24.1 Å². The average Bonchev–Trinajstić information content (AvgIpc) is 3.19. The van der Waals surface area contributed by atoms with Crippen molar-refractivity contribution in [1.29, 1.82) is 0 Å². The van der Waals surface area contributed by atoms with Crippen LogP contribution in [0.1, 0.15) is 42.5 Å². The molecule has 1 spiro atoms. The zero-order valence-corrected chi connectivity index (χ0v) is 15.2. The van der Waals surface area contributed by atoms with Crippen molar-refractivity contribution in [3.05, 3.63) is 36.2 Å². The molecule has 1 aromatic carbocycles. The number of rotatable bonds is 2. The number of amides is 1. The third-order valence-corrected chi connectivity index (χ3v) is 8.13. The van der Waals surface area contributed by atoms with Gasteiger partial charge in [0.2, 0.25) is 0 Å². The fraction of sp³-hybridized carbons (Fsp3) is 0.529. The molecule has 0 radical (unpaired) electrons. The molecule has 1 aliphatic heterocycles. The van der Waals surface area contributed by atoms with Gasteiger partial charge in [-0.1, -0.05) is 31.4 Å². The van der Waals surface area contributed by atoms with Gasteiger partial charge in [0.25, 0.3) is 5.91 Å². The van der Waals surface area contributed by atoms with Gasteiger partial charge in [0.05, 0.1) is 21.8 Å². The lowest BCUT2D eigenvalue weighted by molar-refractivity contribution is 0.0723. The summed E-state index contributed by atoms with van der Waals surface area (Å²) in [6, 6.07) is 7.12. The summed E-state index contributed by atoms with van der Waals surface area (Å²) in [5.41, 5.74) is 1.07. The van der Waals surface area contributed by atoms with Crippen LogP contribution in [0.25, 0.3) is 5.69 Å². The van der Waals surface area contributed by atoms with Crippen molar-refractivity contribution in [2.24, 2.45) is 0 Å². The number of para-hydroxylation sites is 1. The van der Waals surface area contributed by atoms with Gasteiger partial charge in [0, 0.05) is 13.1 Å². The summed E-state index contributed by atoms with van der Waals surface area (Å²) in [4.78, 5) is 14.9. The fourth-order valence-electron chi connectivity index (χ4n) is 4.11. The highest BCUT2D eigenvalue weighted by molar-refractivity contribution is 7.92. The first-order valence-corrected chi connectivity index (χ1v) is 10.5. The predicted octanol–water partition coefficient (Wildman–Crippen LogP) is 1.24. The van der Waals surface area contributed by atoms with Crippen LogP contribution in [0.3, 0.4) is 0 Å². The molecule has 2 fully saturated rings. The molecule has 0 atom stereocenters. The Morgan fingerprint density at radius 2 is 1.88 bits per heavy atom. The number of hydrogen-bond donors (Lipinski definition) is 0. The predicted molar refractivity (Wildman–Crippen MR) is 94.7 cm³/mol. The monoisotopic (exact) mass is 375 g/mol. The third kappa shape index (κ3) is 2.80. The Morgan fingerprint density at radius 3 is 2.62 bits per heavy atom. The van der Waals surface area contributed by atoms with Gasteiger partial charge < -0.3 is 4.90 Å². The van der Waals surface area contributed by atoms with E-state index in [0.717, 1.165) is 19.3 Å². The molecule has 1 aliphatic carbocycles. The second kappa shape index (κ2) is 6.46. The lowest BCUT2D eigenvalue weighted by atomic mass is 9.87. The molecule has 2 aliphatic rings. The van der Waals surface area contributed by atoms with E-state index in [9.17, 15) is 13.2 Å². The van der Waals surface area contributed by atoms with Crippen molar-refractivity contribution >= 4 is 15.7 Å². The van der Waals surface area contributed by atoms with Gasteiger partial charge in [-0.05, 0) is 35.4 Å². The van der Waals surface area contributed by atoms with Gasteiger partial charge in [-0.15, -0.1) is 5.10 Å². The van der Waals surface area contributed by atoms with Crippen molar-refractivity contribution in [2.45, 2.75) is 36.9 Å². The van der Waals surface area contributed by atoms with Gasteiger partial charge >= 0.3 is 0 Å². The SMILES string of the molecule is O=C(c1ccccc1-n1cnnn1)N1CCS(=O)(=O)C2(CCCCC2)C1.